The molecule has 116 valence electrons. The third-order valence-electron chi connectivity index (χ3n) is 2.55. The number of hydrogen-bond acceptors (Lipinski definition) is 5. The van der Waals surface area contributed by atoms with Gasteiger partial charge in [-0.15, -0.1) is 0 Å². The van der Waals surface area contributed by atoms with Gasteiger partial charge < -0.3 is 9.29 Å². The largest absolute Gasteiger partial charge is 0.744 e. The summed E-state index contributed by atoms with van der Waals surface area (Å²) in [6.07, 6.45) is 0. The molecule has 9 heteroatoms. The third kappa shape index (κ3) is 4.52. The fourth-order valence-corrected chi connectivity index (χ4v) is 4.20. The number of halogens is 3. The van der Waals surface area contributed by atoms with Crippen LogP contribution >= 0.6 is 67.8 Å². The van der Waals surface area contributed by atoms with Crippen molar-refractivity contribution in [3.63, 3.8) is 0 Å². The van der Waals surface area contributed by atoms with Gasteiger partial charge in [0.05, 0.1) is 10.5 Å². The molecule has 0 atom stereocenters. The van der Waals surface area contributed by atoms with Crippen LogP contribution in [0.2, 0.25) is 0 Å². The molecule has 0 aliphatic carbocycles. The van der Waals surface area contributed by atoms with E-state index in [1.54, 1.807) is 6.07 Å². The molecule has 2 aromatic carbocycles. The minimum atomic E-state index is -4.51. The lowest BCUT2D eigenvalue weighted by Crippen LogP contribution is -2.11. The molecule has 0 spiro atoms. The highest BCUT2D eigenvalue weighted by Crippen LogP contribution is 2.24. The molecular formula is C13H6I3O5S-. The van der Waals surface area contributed by atoms with Crippen molar-refractivity contribution in [2.45, 2.75) is 4.90 Å². The Labute approximate surface area is 168 Å². The summed E-state index contributed by atoms with van der Waals surface area (Å²) in [5, 5.41) is 0. The van der Waals surface area contributed by atoms with Crippen molar-refractivity contribution < 1.29 is 22.5 Å². The molecule has 0 aromatic heterocycles. The fourth-order valence-electron chi connectivity index (χ4n) is 1.52. The molecule has 0 aliphatic heterocycles. The first kappa shape index (κ1) is 18.4. The molecule has 22 heavy (non-hydrogen) atoms. The Balaban J connectivity index is 2.24. The lowest BCUT2D eigenvalue weighted by Gasteiger charge is -2.09. The molecule has 0 bridgehead atoms. The molecule has 0 amide bonds. The highest BCUT2D eigenvalue weighted by Gasteiger charge is 2.15. The van der Waals surface area contributed by atoms with Gasteiger partial charge in [-0.1, -0.05) is 0 Å². The Morgan fingerprint density at radius 1 is 0.955 bits per heavy atom. The first-order chi connectivity index (χ1) is 10.2. The van der Waals surface area contributed by atoms with Crippen molar-refractivity contribution in [3.8, 4) is 5.75 Å². The highest BCUT2D eigenvalue weighted by atomic mass is 127. The quantitative estimate of drug-likeness (QED) is 0.166. The van der Waals surface area contributed by atoms with E-state index in [0.29, 0.717) is 5.56 Å². The number of hydrogen-bond donors (Lipinski definition) is 0. The standard InChI is InChI=1S/C13H7I3O5S/c14-10-6-12(16)11(15)5-9(10)13(17)21-7-1-3-8(4-2-7)22(18,19)20/h1-6H,(H,18,19,20)/p-1. The molecule has 2 rings (SSSR count). The number of benzene rings is 2. The van der Waals surface area contributed by atoms with Gasteiger partial charge in [0.1, 0.15) is 15.9 Å². The van der Waals surface area contributed by atoms with Crippen LogP contribution in [0, 0.1) is 10.7 Å². The average Bonchev–Trinajstić information content (AvgIpc) is 2.42. The summed E-state index contributed by atoms with van der Waals surface area (Å²) in [7, 11) is -4.51. The molecule has 0 unspecified atom stereocenters. The molecular weight excluding hydrogens is 649 g/mol. The number of carbonyl (C=O) groups excluding carboxylic acids is 1. The van der Waals surface area contributed by atoms with E-state index < -0.39 is 16.1 Å². The zero-order chi connectivity index (χ0) is 16.5. The van der Waals surface area contributed by atoms with Gasteiger partial charge in [0, 0.05) is 10.7 Å². The third-order valence-corrected chi connectivity index (χ3v) is 7.11. The Bertz CT molecular complexity index is 831. The molecule has 0 saturated carbocycles. The predicted molar refractivity (Wildman–Crippen MR) is 104 cm³/mol. The monoisotopic (exact) mass is 655 g/mol. The Morgan fingerprint density at radius 2 is 1.50 bits per heavy atom. The molecule has 0 heterocycles. The topological polar surface area (TPSA) is 83.5 Å². The molecule has 0 radical (unpaired) electrons. The number of rotatable bonds is 3. The minimum absolute atomic E-state index is 0.168. The van der Waals surface area contributed by atoms with Crippen LogP contribution in [0.5, 0.6) is 5.75 Å². The van der Waals surface area contributed by atoms with E-state index >= 15 is 0 Å². The molecule has 2 aromatic rings. The molecule has 0 fully saturated rings. The van der Waals surface area contributed by atoms with Gasteiger partial charge in [0.15, 0.2) is 0 Å². The summed E-state index contributed by atoms with van der Waals surface area (Å²) in [4.78, 5) is 11.8. The van der Waals surface area contributed by atoms with E-state index in [9.17, 15) is 17.8 Å². The molecule has 5 nitrogen and oxygen atoms in total. The number of carbonyl (C=O) groups is 1. The van der Waals surface area contributed by atoms with E-state index in [1.807, 2.05) is 28.7 Å². The van der Waals surface area contributed by atoms with Crippen LogP contribution in [0.3, 0.4) is 0 Å². The minimum Gasteiger partial charge on any atom is -0.744 e. The summed E-state index contributed by atoms with van der Waals surface area (Å²) in [6, 6.07) is 8.34. The second-order valence-corrected chi connectivity index (χ2v) is 8.93. The van der Waals surface area contributed by atoms with E-state index in [0.717, 1.165) is 22.8 Å². The maximum absolute atomic E-state index is 12.2. The van der Waals surface area contributed by atoms with Crippen molar-refractivity contribution in [1.29, 1.82) is 0 Å². The molecule has 0 saturated heterocycles. The maximum atomic E-state index is 12.2. The first-order valence-corrected chi connectivity index (χ1v) is 10.3. The lowest BCUT2D eigenvalue weighted by atomic mass is 10.2. The van der Waals surface area contributed by atoms with Crippen LogP contribution in [0.15, 0.2) is 41.3 Å². The number of esters is 1. The molecule has 0 N–H and O–H groups in total. The average molecular weight is 655 g/mol. The van der Waals surface area contributed by atoms with Gasteiger partial charge in [0.25, 0.3) is 0 Å². The van der Waals surface area contributed by atoms with Gasteiger partial charge in [-0.3, -0.25) is 0 Å². The summed E-state index contributed by atoms with van der Waals surface area (Å²) in [5.41, 5.74) is 0.422. The van der Waals surface area contributed by atoms with Gasteiger partial charge in [-0.05, 0) is 104 Å². The second kappa shape index (κ2) is 7.27. The Morgan fingerprint density at radius 3 is 2.05 bits per heavy atom. The smallest absolute Gasteiger partial charge is 0.344 e. The van der Waals surface area contributed by atoms with Gasteiger partial charge >= 0.3 is 5.97 Å². The van der Waals surface area contributed by atoms with Crippen LogP contribution in [0.25, 0.3) is 0 Å². The highest BCUT2D eigenvalue weighted by molar-refractivity contribution is 14.1. The van der Waals surface area contributed by atoms with Crippen LogP contribution in [-0.4, -0.2) is 18.9 Å². The summed E-state index contributed by atoms with van der Waals surface area (Å²) < 4.78 is 40.4. The van der Waals surface area contributed by atoms with Gasteiger partial charge in [-0.2, -0.15) is 0 Å². The summed E-state index contributed by atoms with van der Waals surface area (Å²) in [6.45, 7) is 0. The van der Waals surface area contributed by atoms with Crippen LogP contribution in [0.1, 0.15) is 10.4 Å². The SMILES string of the molecule is O=C(Oc1ccc(S(=O)(=O)[O-])cc1)c1cc(I)c(I)cc1I. The van der Waals surface area contributed by atoms with Crippen molar-refractivity contribution in [2.75, 3.05) is 0 Å². The van der Waals surface area contributed by atoms with E-state index in [1.165, 1.54) is 12.1 Å². The van der Waals surface area contributed by atoms with E-state index in [-0.39, 0.29) is 10.6 Å². The van der Waals surface area contributed by atoms with Crippen LogP contribution < -0.4 is 4.74 Å². The van der Waals surface area contributed by atoms with Gasteiger partial charge in [0.2, 0.25) is 0 Å². The van der Waals surface area contributed by atoms with Crippen LogP contribution in [-0.2, 0) is 10.1 Å². The second-order valence-electron chi connectivity index (χ2n) is 4.06. The Hall–Kier alpha value is 0.0100. The maximum Gasteiger partial charge on any atom is 0.344 e. The van der Waals surface area contributed by atoms with E-state index in [2.05, 4.69) is 45.2 Å². The first-order valence-electron chi connectivity index (χ1n) is 5.61. The van der Waals surface area contributed by atoms with Crippen molar-refractivity contribution in [1.82, 2.24) is 0 Å². The molecule has 0 aliphatic rings. The predicted octanol–water partition coefficient (Wildman–Crippen LogP) is 3.62. The number of ether oxygens (including phenoxy) is 1. The van der Waals surface area contributed by atoms with Crippen LogP contribution in [0.4, 0.5) is 0 Å². The zero-order valence-corrected chi connectivity index (χ0v) is 17.8. The van der Waals surface area contributed by atoms with Crippen molar-refractivity contribution in [3.05, 3.63) is 52.7 Å². The summed E-state index contributed by atoms with van der Waals surface area (Å²) >= 11 is 6.34. The Kier molecular flexibility index (Phi) is 6.07. The zero-order valence-electron chi connectivity index (χ0n) is 10.5. The van der Waals surface area contributed by atoms with Gasteiger partial charge in [-0.25, -0.2) is 13.2 Å². The van der Waals surface area contributed by atoms with E-state index in [4.69, 9.17) is 4.74 Å². The fraction of sp³-hybridized carbons (Fsp3) is 0. The summed E-state index contributed by atoms with van der Waals surface area (Å²) in [5.74, 6) is -0.377. The van der Waals surface area contributed by atoms with Crippen molar-refractivity contribution >= 4 is 83.9 Å². The lowest BCUT2D eigenvalue weighted by molar-refractivity contribution is 0.0733. The van der Waals surface area contributed by atoms with Crippen molar-refractivity contribution in [2.24, 2.45) is 0 Å². The normalized spacial score (nSPS) is 11.3.